The van der Waals surface area contributed by atoms with Crippen LogP contribution in [0.1, 0.15) is 5.56 Å². The van der Waals surface area contributed by atoms with Crippen LogP contribution in [0.5, 0.6) is 0 Å². The molecule has 1 N–H and O–H groups in total. The lowest BCUT2D eigenvalue weighted by Gasteiger charge is -2.02. The Hall–Kier alpha value is -1.68. The minimum absolute atomic E-state index is 0.0590. The van der Waals surface area contributed by atoms with Crippen LogP contribution in [-0.2, 0) is 6.54 Å². The van der Waals surface area contributed by atoms with Crippen molar-refractivity contribution >= 4 is 0 Å². The highest BCUT2D eigenvalue weighted by molar-refractivity contribution is 5.65. The lowest BCUT2D eigenvalue weighted by molar-refractivity contribution is 0.269. The van der Waals surface area contributed by atoms with Crippen molar-refractivity contribution in [3.05, 3.63) is 42.0 Å². The number of aromatic nitrogens is 2. The summed E-state index contributed by atoms with van der Waals surface area (Å²) in [7, 11) is 0. The van der Waals surface area contributed by atoms with E-state index in [0.29, 0.717) is 6.54 Å². The Kier molecular flexibility index (Phi) is 3.01. The van der Waals surface area contributed by atoms with E-state index in [1.165, 1.54) is 12.1 Å². The third-order valence-corrected chi connectivity index (χ3v) is 2.46. The van der Waals surface area contributed by atoms with Gasteiger partial charge in [0.1, 0.15) is 5.82 Å². The van der Waals surface area contributed by atoms with Gasteiger partial charge in [0.15, 0.2) is 0 Å². The summed E-state index contributed by atoms with van der Waals surface area (Å²) in [6.45, 7) is 2.39. The van der Waals surface area contributed by atoms with Crippen molar-refractivity contribution in [3.8, 4) is 11.1 Å². The fraction of sp³-hybridized carbons (Fsp3) is 0.250. The van der Waals surface area contributed by atoms with Crippen LogP contribution in [0.25, 0.3) is 11.1 Å². The summed E-state index contributed by atoms with van der Waals surface area (Å²) in [5.74, 6) is -0.232. The number of benzene rings is 1. The number of aliphatic hydroxyl groups is 1. The fourth-order valence-corrected chi connectivity index (χ4v) is 1.68. The van der Waals surface area contributed by atoms with Gasteiger partial charge in [0, 0.05) is 11.8 Å². The largest absolute Gasteiger partial charge is 0.394 e. The molecule has 0 amide bonds. The molecule has 0 radical (unpaired) electrons. The predicted octanol–water partition coefficient (Wildman–Crippen LogP) is 1.99. The second kappa shape index (κ2) is 4.45. The van der Waals surface area contributed by atoms with E-state index in [1.54, 1.807) is 16.9 Å². The van der Waals surface area contributed by atoms with E-state index in [2.05, 4.69) is 5.10 Å². The molecule has 16 heavy (non-hydrogen) atoms. The van der Waals surface area contributed by atoms with E-state index >= 15 is 0 Å². The van der Waals surface area contributed by atoms with E-state index in [-0.39, 0.29) is 12.4 Å². The van der Waals surface area contributed by atoms with Gasteiger partial charge in [-0.25, -0.2) is 4.39 Å². The lowest BCUT2D eigenvalue weighted by atomic mass is 10.0. The van der Waals surface area contributed by atoms with Gasteiger partial charge in [-0.1, -0.05) is 6.07 Å². The van der Waals surface area contributed by atoms with Crippen LogP contribution >= 0.6 is 0 Å². The lowest BCUT2D eigenvalue weighted by Crippen LogP contribution is -2.01. The van der Waals surface area contributed by atoms with Gasteiger partial charge in [0.2, 0.25) is 0 Å². The summed E-state index contributed by atoms with van der Waals surface area (Å²) in [5.41, 5.74) is 2.78. The average molecular weight is 220 g/mol. The molecule has 0 saturated heterocycles. The Labute approximate surface area is 93.2 Å². The number of rotatable bonds is 3. The maximum atomic E-state index is 12.9. The molecular weight excluding hydrogens is 207 g/mol. The standard InChI is InChI=1S/C12H13FN2O/c1-9-6-11(13)2-3-12(9)10-7-14-15(8-10)4-5-16/h2-3,6-8,16H,4-5H2,1H3. The van der Waals surface area contributed by atoms with Crippen LogP contribution in [-0.4, -0.2) is 21.5 Å². The normalized spacial score (nSPS) is 10.7. The number of aryl methyl sites for hydroxylation is 1. The zero-order chi connectivity index (χ0) is 11.5. The molecule has 0 unspecified atom stereocenters. The third-order valence-electron chi connectivity index (χ3n) is 2.46. The molecule has 0 fully saturated rings. The van der Waals surface area contributed by atoms with Crippen LogP contribution < -0.4 is 0 Å². The van der Waals surface area contributed by atoms with Crippen LogP contribution in [0.3, 0.4) is 0 Å². The van der Waals surface area contributed by atoms with Gasteiger partial charge in [0.25, 0.3) is 0 Å². The highest BCUT2D eigenvalue weighted by Gasteiger charge is 2.05. The van der Waals surface area contributed by atoms with Gasteiger partial charge in [-0.2, -0.15) is 5.10 Å². The highest BCUT2D eigenvalue weighted by atomic mass is 19.1. The highest BCUT2D eigenvalue weighted by Crippen LogP contribution is 2.23. The smallest absolute Gasteiger partial charge is 0.123 e. The Morgan fingerprint density at radius 2 is 2.25 bits per heavy atom. The minimum Gasteiger partial charge on any atom is -0.394 e. The molecule has 1 aromatic carbocycles. The van der Waals surface area contributed by atoms with Crippen molar-refractivity contribution in [2.24, 2.45) is 0 Å². The second-order valence-electron chi connectivity index (χ2n) is 3.67. The molecule has 0 atom stereocenters. The zero-order valence-corrected chi connectivity index (χ0v) is 9.02. The SMILES string of the molecule is Cc1cc(F)ccc1-c1cnn(CCO)c1. The molecule has 2 aromatic rings. The first-order valence-electron chi connectivity index (χ1n) is 5.10. The number of halogens is 1. The first-order chi connectivity index (χ1) is 7.70. The van der Waals surface area contributed by atoms with Gasteiger partial charge < -0.3 is 5.11 Å². The monoisotopic (exact) mass is 220 g/mol. The topological polar surface area (TPSA) is 38.0 Å². The molecule has 2 rings (SSSR count). The quantitative estimate of drug-likeness (QED) is 0.859. The predicted molar refractivity (Wildman–Crippen MR) is 59.4 cm³/mol. The Bertz CT molecular complexity index is 494. The Morgan fingerprint density at radius 3 is 2.94 bits per heavy atom. The first kappa shape index (κ1) is 10.8. The maximum absolute atomic E-state index is 12.9. The van der Waals surface area contributed by atoms with E-state index in [9.17, 15) is 4.39 Å². The molecule has 1 heterocycles. The molecule has 0 aliphatic rings. The molecule has 1 aromatic heterocycles. The minimum atomic E-state index is -0.232. The number of hydrogen-bond donors (Lipinski definition) is 1. The van der Waals surface area contributed by atoms with Crippen LogP contribution in [0.4, 0.5) is 4.39 Å². The summed E-state index contributed by atoms with van der Waals surface area (Å²) < 4.78 is 14.6. The van der Waals surface area contributed by atoms with Gasteiger partial charge in [-0.05, 0) is 30.2 Å². The fourth-order valence-electron chi connectivity index (χ4n) is 1.68. The van der Waals surface area contributed by atoms with E-state index < -0.39 is 0 Å². The summed E-state index contributed by atoms with van der Waals surface area (Å²) in [5, 5.41) is 12.9. The number of aliphatic hydroxyl groups excluding tert-OH is 1. The van der Waals surface area contributed by atoms with E-state index in [1.807, 2.05) is 13.1 Å². The average Bonchev–Trinajstić information content (AvgIpc) is 2.67. The van der Waals surface area contributed by atoms with Crippen molar-refractivity contribution < 1.29 is 9.50 Å². The molecule has 0 aliphatic carbocycles. The Balaban J connectivity index is 2.35. The van der Waals surface area contributed by atoms with Crippen molar-refractivity contribution in [2.75, 3.05) is 6.61 Å². The summed E-state index contributed by atoms with van der Waals surface area (Å²) >= 11 is 0. The first-order valence-corrected chi connectivity index (χ1v) is 5.10. The van der Waals surface area contributed by atoms with Crippen molar-refractivity contribution in [1.29, 1.82) is 0 Å². The molecular formula is C12H13FN2O. The number of nitrogens with zero attached hydrogens (tertiary/aromatic N) is 2. The summed E-state index contributed by atoms with van der Waals surface area (Å²) in [6.07, 6.45) is 3.56. The molecule has 0 bridgehead atoms. The van der Waals surface area contributed by atoms with E-state index in [4.69, 9.17) is 5.11 Å². The van der Waals surface area contributed by atoms with E-state index in [0.717, 1.165) is 16.7 Å². The van der Waals surface area contributed by atoms with Crippen molar-refractivity contribution in [1.82, 2.24) is 9.78 Å². The molecule has 84 valence electrons. The van der Waals surface area contributed by atoms with Crippen LogP contribution in [0.15, 0.2) is 30.6 Å². The second-order valence-corrected chi connectivity index (χ2v) is 3.67. The van der Waals surface area contributed by atoms with Gasteiger partial charge in [-0.15, -0.1) is 0 Å². The third kappa shape index (κ3) is 2.12. The Morgan fingerprint density at radius 1 is 1.44 bits per heavy atom. The summed E-state index contributed by atoms with van der Waals surface area (Å²) in [6, 6.07) is 4.68. The van der Waals surface area contributed by atoms with Gasteiger partial charge in [0.05, 0.1) is 19.3 Å². The van der Waals surface area contributed by atoms with Crippen LogP contribution in [0, 0.1) is 12.7 Å². The molecule has 4 heteroatoms. The summed E-state index contributed by atoms with van der Waals surface area (Å²) in [4.78, 5) is 0. The van der Waals surface area contributed by atoms with Gasteiger partial charge >= 0.3 is 0 Å². The number of hydrogen-bond acceptors (Lipinski definition) is 2. The maximum Gasteiger partial charge on any atom is 0.123 e. The zero-order valence-electron chi connectivity index (χ0n) is 9.02. The van der Waals surface area contributed by atoms with Crippen LogP contribution in [0.2, 0.25) is 0 Å². The molecule has 0 saturated carbocycles. The van der Waals surface area contributed by atoms with Crippen molar-refractivity contribution in [3.63, 3.8) is 0 Å². The molecule has 3 nitrogen and oxygen atoms in total. The molecule has 0 spiro atoms. The van der Waals surface area contributed by atoms with Gasteiger partial charge in [-0.3, -0.25) is 4.68 Å². The molecule has 0 aliphatic heterocycles. The van der Waals surface area contributed by atoms with Crippen molar-refractivity contribution in [2.45, 2.75) is 13.5 Å².